The maximum Gasteiger partial charge on any atom is 0.338 e. The summed E-state index contributed by atoms with van der Waals surface area (Å²) in [4.78, 5) is 28.8. The van der Waals surface area contributed by atoms with E-state index in [0.29, 0.717) is 36.0 Å². The highest BCUT2D eigenvalue weighted by atomic mass is 32.1. The summed E-state index contributed by atoms with van der Waals surface area (Å²) in [6.07, 6.45) is -0.956. The summed E-state index contributed by atoms with van der Waals surface area (Å²) in [5, 5.41) is 2.71. The van der Waals surface area contributed by atoms with Crippen molar-refractivity contribution in [2.75, 3.05) is 18.5 Å². The van der Waals surface area contributed by atoms with Gasteiger partial charge in [0.25, 0.3) is 5.91 Å². The van der Waals surface area contributed by atoms with Crippen molar-refractivity contribution in [3.8, 4) is 11.5 Å². The third-order valence-electron chi connectivity index (χ3n) is 4.03. The molecule has 7 nitrogen and oxygen atoms in total. The minimum absolute atomic E-state index is 0.380. The molecule has 1 atom stereocenters. The van der Waals surface area contributed by atoms with E-state index in [2.05, 4.69) is 10.3 Å². The highest BCUT2D eigenvalue weighted by Gasteiger charge is 2.20. The van der Waals surface area contributed by atoms with Crippen LogP contribution in [-0.4, -0.2) is 36.2 Å². The van der Waals surface area contributed by atoms with Crippen LogP contribution in [0.2, 0.25) is 0 Å². The summed E-state index contributed by atoms with van der Waals surface area (Å²) in [7, 11) is 0. The fourth-order valence-electron chi connectivity index (χ4n) is 2.63. The second kappa shape index (κ2) is 7.24. The van der Waals surface area contributed by atoms with Gasteiger partial charge in [0.1, 0.15) is 13.2 Å². The van der Waals surface area contributed by atoms with Gasteiger partial charge in [-0.25, -0.2) is 9.78 Å². The largest absolute Gasteiger partial charge is 0.486 e. The topological polar surface area (TPSA) is 86.8 Å². The van der Waals surface area contributed by atoms with Crippen molar-refractivity contribution >= 4 is 39.1 Å². The number of hydrogen-bond donors (Lipinski definition) is 1. The summed E-state index contributed by atoms with van der Waals surface area (Å²) in [6.45, 7) is 2.48. The second-order valence-electron chi connectivity index (χ2n) is 5.93. The van der Waals surface area contributed by atoms with Crippen LogP contribution in [0.1, 0.15) is 17.3 Å². The van der Waals surface area contributed by atoms with Crippen molar-refractivity contribution in [1.29, 1.82) is 0 Å². The van der Waals surface area contributed by atoms with Crippen LogP contribution in [0.15, 0.2) is 41.9 Å². The van der Waals surface area contributed by atoms with Gasteiger partial charge >= 0.3 is 5.97 Å². The number of fused-ring (bicyclic) bond motifs is 2. The van der Waals surface area contributed by atoms with E-state index in [4.69, 9.17) is 14.2 Å². The quantitative estimate of drug-likeness (QED) is 0.695. The number of esters is 1. The number of aromatic nitrogens is 1. The summed E-state index contributed by atoms with van der Waals surface area (Å²) < 4.78 is 17.1. The third-order valence-corrected chi connectivity index (χ3v) is 4.82. The predicted octanol–water partition coefficient (Wildman–Crippen LogP) is 3.25. The van der Waals surface area contributed by atoms with Crippen LogP contribution in [0.4, 0.5) is 5.69 Å². The first-order valence-corrected chi connectivity index (χ1v) is 9.23. The SMILES string of the molecule is C[C@@H](OC(=O)c1ccc2ncsc2c1)C(=O)Nc1ccc2c(c1)OCCO2. The molecule has 0 radical (unpaired) electrons. The van der Waals surface area contributed by atoms with Gasteiger partial charge in [0.2, 0.25) is 0 Å². The van der Waals surface area contributed by atoms with Crippen molar-refractivity contribution in [2.45, 2.75) is 13.0 Å². The normalized spacial score (nSPS) is 13.8. The van der Waals surface area contributed by atoms with E-state index >= 15 is 0 Å². The zero-order chi connectivity index (χ0) is 18.8. The van der Waals surface area contributed by atoms with Gasteiger partial charge in [-0.2, -0.15) is 0 Å². The summed E-state index contributed by atoms with van der Waals surface area (Å²) in [5.74, 6) is 0.216. The van der Waals surface area contributed by atoms with E-state index in [-0.39, 0.29) is 0 Å². The minimum Gasteiger partial charge on any atom is -0.486 e. The maximum absolute atomic E-state index is 12.4. The van der Waals surface area contributed by atoms with Crippen LogP contribution in [0.3, 0.4) is 0 Å². The van der Waals surface area contributed by atoms with Gasteiger partial charge < -0.3 is 19.5 Å². The molecule has 27 heavy (non-hydrogen) atoms. The van der Waals surface area contributed by atoms with Crippen LogP contribution in [0, 0.1) is 0 Å². The highest BCUT2D eigenvalue weighted by Crippen LogP contribution is 2.32. The van der Waals surface area contributed by atoms with Crippen molar-refractivity contribution in [1.82, 2.24) is 4.98 Å². The molecule has 0 saturated heterocycles. The molecule has 0 aliphatic carbocycles. The molecule has 1 N–H and O–H groups in total. The number of anilines is 1. The zero-order valence-electron chi connectivity index (χ0n) is 14.4. The number of nitrogens with zero attached hydrogens (tertiary/aromatic N) is 1. The summed E-state index contributed by atoms with van der Waals surface area (Å²) in [6, 6.07) is 10.2. The number of ether oxygens (including phenoxy) is 3. The third kappa shape index (κ3) is 3.70. The lowest BCUT2D eigenvalue weighted by Gasteiger charge is -2.19. The molecule has 0 spiro atoms. The number of carbonyl (C=O) groups is 2. The minimum atomic E-state index is -0.956. The molecule has 1 aliphatic rings. The maximum atomic E-state index is 12.4. The number of carbonyl (C=O) groups excluding carboxylic acids is 2. The Balaban J connectivity index is 1.40. The Bertz CT molecular complexity index is 1020. The number of hydrogen-bond acceptors (Lipinski definition) is 7. The van der Waals surface area contributed by atoms with Crippen molar-refractivity contribution in [3.63, 3.8) is 0 Å². The van der Waals surface area contributed by atoms with E-state index < -0.39 is 18.0 Å². The molecule has 1 aromatic heterocycles. The van der Waals surface area contributed by atoms with Gasteiger partial charge in [-0.1, -0.05) is 0 Å². The molecule has 2 heterocycles. The Morgan fingerprint density at radius 3 is 2.81 bits per heavy atom. The number of thiazole rings is 1. The summed E-state index contributed by atoms with van der Waals surface area (Å²) in [5.41, 5.74) is 3.45. The molecule has 1 amide bonds. The molecule has 0 fully saturated rings. The molecule has 0 bridgehead atoms. The lowest BCUT2D eigenvalue weighted by molar-refractivity contribution is -0.123. The Hall–Kier alpha value is -3.13. The number of benzene rings is 2. The Labute approximate surface area is 158 Å². The first-order valence-electron chi connectivity index (χ1n) is 8.35. The van der Waals surface area contributed by atoms with Gasteiger partial charge in [0, 0.05) is 11.8 Å². The fraction of sp³-hybridized carbons (Fsp3) is 0.211. The Kier molecular flexibility index (Phi) is 4.64. The number of nitrogens with one attached hydrogen (secondary N) is 1. The van der Waals surface area contributed by atoms with E-state index in [1.165, 1.54) is 18.3 Å². The van der Waals surface area contributed by atoms with Gasteiger partial charge in [-0.15, -0.1) is 11.3 Å². The van der Waals surface area contributed by atoms with Crippen LogP contribution < -0.4 is 14.8 Å². The van der Waals surface area contributed by atoms with E-state index in [0.717, 1.165) is 10.2 Å². The monoisotopic (exact) mass is 384 g/mol. The molecular weight excluding hydrogens is 368 g/mol. The molecule has 0 unspecified atom stereocenters. The van der Waals surface area contributed by atoms with E-state index in [1.54, 1.807) is 41.9 Å². The molecule has 0 saturated carbocycles. The lowest BCUT2D eigenvalue weighted by atomic mass is 10.2. The molecule has 138 valence electrons. The van der Waals surface area contributed by atoms with Crippen molar-refractivity contribution in [3.05, 3.63) is 47.5 Å². The van der Waals surface area contributed by atoms with Gasteiger partial charge in [0.05, 0.1) is 21.3 Å². The average molecular weight is 384 g/mol. The molecule has 2 aromatic carbocycles. The van der Waals surface area contributed by atoms with Crippen LogP contribution in [0.25, 0.3) is 10.2 Å². The van der Waals surface area contributed by atoms with Crippen LogP contribution in [0.5, 0.6) is 11.5 Å². The number of rotatable bonds is 4. The lowest BCUT2D eigenvalue weighted by Crippen LogP contribution is -2.30. The van der Waals surface area contributed by atoms with Crippen LogP contribution in [-0.2, 0) is 9.53 Å². The first kappa shape index (κ1) is 17.3. The molecule has 1 aliphatic heterocycles. The summed E-state index contributed by atoms with van der Waals surface area (Å²) >= 11 is 1.44. The molecular formula is C19H16N2O5S. The standard InChI is InChI=1S/C19H16N2O5S/c1-11(26-19(23)12-2-4-14-17(8-12)27-10-20-14)18(22)21-13-3-5-15-16(9-13)25-7-6-24-15/h2-5,8-11H,6-7H2,1H3,(H,21,22)/t11-/m1/s1. The average Bonchev–Trinajstić information content (AvgIpc) is 3.15. The molecule has 4 rings (SSSR count). The van der Waals surface area contributed by atoms with Gasteiger partial charge in [-0.3, -0.25) is 4.79 Å². The van der Waals surface area contributed by atoms with Crippen molar-refractivity contribution < 1.29 is 23.8 Å². The Morgan fingerprint density at radius 2 is 1.96 bits per heavy atom. The molecule has 3 aromatic rings. The van der Waals surface area contributed by atoms with E-state index in [1.807, 2.05) is 0 Å². The van der Waals surface area contributed by atoms with E-state index in [9.17, 15) is 9.59 Å². The number of amides is 1. The van der Waals surface area contributed by atoms with Gasteiger partial charge in [0.15, 0.2) is 17.6 Å². The predicted molar refractivity (Wildman–Crippen MR) is 101 cm³/mol. The molecule has 8 heteroatoms. The second-order valence-corrected chi connectivity index (χ2v) is 6.82. The van der Waals surface area contributed by atoms with Crippen molar-refractivity contribution in [2.24, 2.45) is 0 Å². The first-order chi connectivity index (χ1) is 13.1. The Morgan fingerprint density at radius 1 is 1.15 bits per heavy atom. The van der Waals surface area contributed by atoms with Gasteiger partial charge in [-0.05, 0) is 37.3 Å². The smallest absolute Gasteiger partial charge is 0.338 e. The zero-order valence-corrected chi connectivity index (χ0v) is 15.2. The van der Waals surface area contributed by atoms with Crippen LogP contribution >= 0.6 is 11.3 Å². The highest BCUT2D eigenvalue weighted by molar-refractivity contribution is 7.16. The fourth-order valence-corrected chi connectivity index (χ4v) is 3.35.